The molecule has 5 nitrogen and oxygen atoms in total. The molecule has 1 heterocycles. The third-order valence-electron chi connectivity index (χ3n) is 3.14. The number of anilines is 1. The van der Waals surface area contributed by atoms with E-state index in [-0.39, 0.29) is 10.6 Å². The monoisotopic (exact) mass is 235 g/mol. The van der Waals surface area contributed by atoms with Gasteiger partial charge in [-0.25, -0.2) is 0 Å². The minimum atomic E-state index is -0.367. The van der Waals surface area contributed by atoms with Crippen LogP contribution in [0, 0.1) is 16.0 Å². The molecule has 1 unspecified atom stereocenters. The molecule has 17 heavy (non-hydrogen) atoms. The van der Waals surface area contributed by atoms with E-state index in [1.165, 1.54) is 12.5 Å². The topological polar surface area (TPSA) is 58.4 Å². The summed E-state index contributed by atoms with van der Waals surface area (Å²) in [5.41, 5.74) is 0.965. The second-order valence-corrected chi connectivity index (χ2v) is 4.61. The smallest absolute Gasteiger partial charge is 0.271 e. The molecule has 5 heteroatoms. The first kappa shape index (κ1) is 11.9. The molecule has 1 atom stereocenters. The van der Waals surface area contributed by atoms with Gasteiger partial charge in [0.15, 0.2) is 0 Å². The Kier molecular flexibility index (Phi) is 3.58. The Balaban J connectivity index is 1.90. The maximum absolute atomic E-state index is 10.6. The quantitative estimate of drug-likeness (QED) is 0.640. The van der Waals surface area contributed by atoms with E-state index >= 15 is 0 Å². The molecule has 1 saturated heterocycles. The predicted octanol–water partition coefficient (Wildman–Crippen LogP) is 1.96. The Morgan fingerprint density at radius 1 is 1.59 bits per heavy atom. The van der Waals surface area contributed by atoms with Crippen molar-refractivity contribution in [2.45, 2.75) is 6.42 Å². The van der Waals surface area contributed by atoms with Crippen molar-refractivity contribution in [3.63, 3.8) is 0 Å². The van der Waals surface area contributed by atoms with Crippen molar-refractivity contribution in [3.8, 4) is 0 Å². The SMILES string of the molecule is CN1CCC(CNc2cccc([N+](=O)[O-])c2)C1. The summed E-state index contributed by atoms with van der Waals surface area (Å²) >= 11 is 0. The van der Waals surface area contributed by atoms with Crippen LogP contribution < -0.4 is 5.32 Å². The van der Waals surface area contributed by atoms with Crippen LogP contribution in [0.5, 0.6) is 0 Å². The summed E-state index contributed by atoms with van der Waals surface area (Å²) in [5, 5.41) is 13.9. The lowest BCUT2D eigenvalue weighted by atomic mass is 10.1. The molecule has 1 N–H and O–H groups in total. The van der Waals surface area contributed by atoms with Crippen LogP contribution in [0.2, 0.25) is 0 Å². The normalized spacial score (nSPS) is 20.4. The average Bonchev–Trinajstić information content (AvgIpc) is 2.73. The molecule has 0 saturated carbocycles. The number of nitro benzene ring substituents is 1. The first-order valence-electron chi connectivity index (χ1n) is 5.82. The standard InChI is InChI=1S/C12H17N3O2/c1-14-6-5-10(9-14)8-13-11-3-2-4-12(7-11)15(16)17/h2-4,7,10,13H,5-6,8-9H2,1H3. The lowest BCUT2D eigenvalue weighted by Gasteiger charge is -2.12. The molecule has 1 aliphatic heterocycles. The fourth-order valence-corrected chi connectivity index (χ4v) is 2.18. The fraction of sp³-hybridized carbons (Fsp3) is 0.500. The Hall–Kier alpha value is -1.62. The van der Waals surface area contributed by atoms with E-state index in [2.05, 4.69) is 17.3 Å². The van der Waals surface area contributed by atoms with Gasteiger partial charge in [-0.2, -0.15) is 0 Å². The van der Waals surface area contributed by atoms with Crippen LogP contribution in [0.3, 0.4) is 0 Å². The number of hydrogen-bond donors (Lipinski definition) is 1. The third-order valence-corrected chi connectivity index (χ3v) is 3.14. The van der Waals surface area contributed by atoms with Crippen LogP contribution in [-0.4, -0.2) is 36.5 Å². The zero-order valence-corrected chi connectivity index (χ0v) is 9.93. The van der Waals surface area contributed by atoms with Crippen molar-refractivity contribution >= 4 is 11.4 Å². The molecule has 0 radical (unpaired) electrons. The Morgan fingerprint density at radius 2 is 2.41 bits per heavy atom. The molecule has 0 bridgehead atoms. The van der Waals surface area contributed by atoms with Crippen molar-refractivity contribution in [3.05, 3.63) is 34.4 Å². The van der Waals surface area contributed by atoms with Crippen molar-refractivity contribution in [2.24, 2.45) is 5.92 Å². The first-order valence-corrected chi connectivity index (χ1v) is 5.82. The molecule has 0 aromatic heterocycles. The Labute approximate surface area is 101 Å². The summed E-state index contributed by atoms with van der Waals surface area (Å²) in [7, 11) is 2.12. The Morgan fingerprint density at radius 3 is 3.06 bits per heavy atom. The van der Waals surface area contributed by atoms with Gasteiger partial charge in [0.05, 0.1) is 4.92 Å². The summed E-state index contributed by atoms with van der Waals surface area (Å²) in [6.07, 6.45) is 1.19. The highest BCUT2D eigenvalue weighted by Crippen LogP contribution is 2.19. The average molecular weight is 235 g/mol. The molecule has 0 aliphatic carbocycles. The van der Waals surface area contributed by atoms with Gasteiger partial charge in [0.1, 0.15) is 0 Å². The van der Waals surface area contributed by atoms with Crippen molar-refractivity contribution in [2.75, 3.05) is 32.0 Å². The van der Waals surface area contributed by atoms with Gasteiger partial charge in [0.25, 0.3) is 5.69 Å². The van der Waals surface area contributed by atoms with E-state index in [4.69, 9.17) is 0 Å². The van der Waals surface area contributed by atoms with Crippen LogP contribution in [0.1, 0.15) is 6.42 Å². The minimum absolute atomic E-state index is 0.138. The Bertz CT molecular complexity index is 408. The highest BCUT2D eigenvalue weighted by Gasteiger charge is 2.18. The van der Waals surface area contributed by atoms with Gasteiger partial charge in [-0.15, -0.1) is 0 Å². The summed E-state index contributed by atoms with van der Waals surface area (Å²) < 4.78 is 0. The van der Waals surface area contributed by atoms with E-state index in [0.717, 1.165) is 25.3 Å². The summed E-state index contributed by atoms with van der Waals surface area (Å²) in [5.74, 6) is 0.638. The molecule has 1 aliphatic rings. The van der Waals surface area contributed by atoms with Crippen molar-refractivity contribution in [1.82, 2.24) is 4.90 Å². The van der Waals surface area contributed by atoms with E-state index in [1.807, 2.05) is 6.07 Å². The van der Waals surface area contributed by atoms with E-state index in [1.54, 1.807) is 12.1 Å². The lowest BCUT2D eigenvalue weighted by molar-refractivity contribution is -0.384. The zero-order chi connectivity index (χ0) is 12.3. The zero-order valence-electron chi connectivity index (χ0n) is 9.93. The molecule has 1 aromatic carbocycles. The number of nitro groups is 1. The maximum atomic E-state index is 10.6. The second kappa shape index (κ2) is 5.14. The number of likely N-dealkylation sites (tertiary alicyclic amines) is 1. The highest BCUT2D eigenvalue weighted by molar-refractivity contribution is 5.50. The van der Waals surface area contributed by atoms with Gasteiger partial charge in [-0.3, -0.25) is 10.1 Å². The molecule has 92 valence electrons. The molecule has 1 aromatic rings. The number of hydrogen-bond acceptors (Lipinski definition) is 4. The third kappa shape index (κ3) is 3.17. The molecule has 1 fully saturated rings. The predicted molar refractivity (Wildman–Crippen MR) is 67.2 cm³/mol. The summed E-state index contributed by atoms with van der Waals surface area (Å²) in [4.78, 5) is 12.6. The number of nitrogens with zero attached hydrogens (tertiary/aromatic N) is 2. The van der Waals surface area contributed by atoms with Crippen molar-refractivity contribution in [1.29, 1.82) is 0 Å². The molecule has 0 amide bonds. The van der Waals surface area contributed by atoms with Crippen LogP contribution in [0.4, 0.5) is 11.4 Å². The molecule has 0 spiro atoms. The van der Waals surface area contributed by atoms with Gasteiger partial charge in [-0.1, -0.05) is 6.07 Å². The minimum Gasteiger partial charge on any atom is -0.385 e. The van der Waals surface area contributed by atoms with Gasteiger partial charge in [-0.05, 0) is 32.0 Å². The largest absolute Gasteiger partial charge is 0.385 e. The maximum Gasteiger partial charge on any atom is 0.271 e. The number of non-ortho nitro benzene ring substituents is 1. The lowest BCUT2D eigenvalue weighted by Crippen LogP contribution is -2.19. The van der Waals surface area contributed by atoms with Gasteiger partial charge in [0, 0.05) is 30.9 Å². The molecule has 2 rings (SSSR count). The number of benzene rings is 1. The second-order valence-electron chi connectivity index (χ2n) is 4.61. The van der Waals surface area contributed by atoms with Crippen LogP contribution in [0.15, 0.2) is 24.3 Å². The van der Waals surface area contributed by atoms with Crippen LogP contribution in [-0.2, 0) is 0 Å². The molecular formula is C12H17N3O2. The summed E-state index contributed by atoms with van der Waals surface area (Å²) in [6.45, 7) is 3.12. The van der Waals surface area contributed by atoms with E-state index < -0.39 is 0 Å². The number of rotatable bonds is 4. The van der Waals surface area contributed by atoms with Gasteiger partial charge >= 0.3 is 0 Å². The fourth-order valence-electron chi connectivity index (χ4n) is 2.18. The first-order chi connectivity index (χ1) is 8.15. The number of nitrogens with one attached hydrogen (secondary N) is 1. The highest BCUT2D eigenvalue weighted by atomic mass is 16.6. The van der Waals surface area contributed by atoms with Crippen molar-refractivity contribution < 1.29 is 4.92 Å². The van der Waals surface area contributed by atoms with Crippen LogP contribution in [0.25, 0.3) is 0 Å². The van der Waals surface area contributed by atoms with E-state index in [9.17, 15) is 10.1 Å². The van der Waals surface area contributed by atoms with E-state index in [0.29, 0.717) is 5.92 Å². The van der Waals surface area contributed by atoms with Gasteiger partial charge in [0.2, 0.25) is 0 Å². The van der Waals surface area contributed by atoms with Crippen LogP contribution >= 0.6 is 0 Å². The summed E-state index contributed by atoms with van der Waals surface area (Å²) in [6, 6.07) is 6.67. The molecular weight excluding hydrogens is 218 g/mol. The van der Waals surface area contributed by atoms with Gasteiger partial charge < -0.3 is 10.2 Å².